The summed E-state index contributed by atoms with van der Waals surface area (Å²) < 4.78 is 0. The Morgan fingerprint density at radius 1 is 1.33 bits per heavy atom. The summed E-state index contributed by atoms with van der Waals surface area (Å²) in [7, 11) is 1.81. The molecule has 2 nitrogen and oxygen atoms in total. The zero-order chi connectivity index (χ0) is 11.4. The third kappa shape index (κ3) is 2.96. The predicted molar refractivity (Wildman–Crippen MR) is 63.2 cm³/mol. The summed E-state index contributed by atoms with van der Waals surface area (Å²) in [5.74, 6) is 0.528. The third-order valence-electron chi connectivity index (χ3n) is 2.45. The molecular formula is C12H16ClNO. The van der Waals surface area contributed by atoms with Gasteiger partial charge in [-0.25, -0.2) is 0 Å². The number of hydrogen-bond acceptors (Lipinski definition) is 1. The van der Waals surface area contributed by atoms with Crippen LogP contribution in [0.15, 0.2) is 24.3 Å². The highest BCUT2D eigenvalue weighted by Crippen LogP contribution is 2.10. The molecule has 0 bridgehead atoms. The van der Waals surface area contributed by atoms with Crippen LogP contribution in [0.25, 0.3) is 0 Å². The van der Waals surface area contributed by atoms with E-state index < -0.39 is 0 Å². The van der Waals surface area contributed by atoms with Crippen LogP contribution in [0.5, 0.6) is 0 Å². The number of hydrogen-bond donors (Lipinski definition) is 0. The fourth-order valence-electron chi connectivity index (χ4n) is 1.17. The molecule has 0 saturated heterocycles. The zero-order valence-corrected chi connectivity index (χ0v) is 10.1. The van der Waals surface area contributed by atoms with Crippen LogP contribution in [0.4, 0.5) is 0 Å². The maximum Gasteiger partial charge on any atom is 0.253 e. The Bertz CT molecular complexity index is 332. The van der Waals surface area contributed by atoms with Gasteiger partial charge in [0.15, 0.2) is 0 Å². The Morgan fingerprint density at radius 2 is 1.87 bits per heavy atom. The lowest BCUT2D eigenvalue weighted by molar-refractivity contribution is 0.0755. The first-order chi connectivity index (χ1) is 7.06. The predicted octanol–water partition coefficient (Wildman–Crippen LogP) is 2.91. The van der Waals surface area contributed by atoms with E-state index in [4.69, 9.17) is 11.6 Å². The molecule has 0 N–H and O–H groups in total. The van der Waals surface area contributed by atoms with Crippen molar-refractivity contribution in [3.63, 3.8) is 0 Å². The van der Waals surface area contributed by atoms with Crippen molar-refractivity contribution >= 4 is 17.5 Å². The average molecular weight is 226 g/mol. The molecule has 1 aromatic carbocycles. The smallest absolute Gasteiger partial charge is 0.253 e. The minimum absolute atomic E-state index is 0.0473. The first kappa shape index (κ1) is 12.1. The molecule has 0 atom stereocenters. The number of carbonyl (C=O) groups is 1. The fourth-order valence-corrected chi connectivity index (χ4v) is 1.35. The van der Waals surface area contributed by atoms with Crippen molar-refractivity contribution in [3.8, 4) is 0 Å². The normalized spacial score (nSPS) is 10.5. The van der Waals surface area contributed by atoms with Gasteiger partial charge in [-0.1, -0.05) is 12.1 Å². The van der Waals surface area contributed by atoms with Crippen LogP contribution in [0.1, 0.15) is 29.8 Å². The number of nitrogens with zero attached hydrogens (tertiary/aromatic N) is 1. The summed E-state index contributed by atoms with van der Waals surface area (Å²) in [4.78, 5) is 13.6. The van der Waals surface area contributed by atoms with Crippen molar-refractivity contribution in [3.05, 3.63) is 35.4 Å². The molecule has 3 heteroatoms. The molecule has 1 aromatic rings. The van der Waals surface area contributed by atoms with E-state index in [-0.39, 0.29) is 11.9 Å². The molecule has 0 aliphatic carbocycles. The van der Waals surface area contributed by atoms with Crippen molar-refractivity contribution in [2.45, 2.75) is 25.8 Å². The van der Waals surface area contributed by atoms with Crippen LogP contribution in [0.2, 0.25) is 0 Å². The second kappa shape index (κ2) is 5.17. The molecule has 0 aliphatic rings. The van der Waals surface area contributed by atoms with Gasteiger partial charge in [-0.05, 0) is 31.5 Å². The quantitative estimate of drug-likeness (QED) is 0.725. The largest absolute Gasteiger partial charge is 0.339 e. The van der Waals surface area contributed by atoms with Crippen LogP contribution in [-0.2, 0) is 5.88 Å². The van der Waals surface area contributed by atoms with Gasteiger partial charge in [-0.3, -0.25) is 4.79 Å². The summed E-state index contributed by atoms with van der Waals surface area (Å²) in [6.07, 6.45) is 0. The topological polar surface area (TPSA) is 20.3 Å². The number of amides is 1. The van der Waals surface area contributed by atoms with Gasteiger partial charge in [0.2, 0.25) is 0 Å². The second-order valence-electron chi connectivity index (χ2n) is 3.84. The second-order valence-corrected chi connectivity index (χ2v) is 4.11. The van der Waals surface area contributed by atoms with Gasteiger partial charge in [0.1, 0.15) is 0 Å². The molecule has 0 saturated carbocycles. The van der Waals surface area contributed by atoms with Gasteiger partial charge >= 0.3 is 0 Å². The Kier molecular flexibility index (Phi) is 4.15. The highest BCUT2D eigenvalue weighted by molar-refractivity contribution is 6.17. The lowest BCUT2D eigenvalue weighted by atomic mass is 10.1. The first-order valence-corrected chi connectivity index (χ1v) is 5.51. The summed E-state index contributed by atoms with van der Waals surface area (Å²) in [5, 5.41) is 0. The Balaban J connectivity index is 2.83. The Labute approximate surface area is 95.8 Å². The van der Waals surface area contributed by atoms with E-state index in [0.29, 0.717) is 11.4 Å². The van der Waals surface area contributed by atoms with Crippen molar-refractivity contribution < 1.29 is 4.79 Å². The molecule has 82 valence electrons. The standard InChI is InChI=1S/C12H16ClNO/c1-9(2)14(3)12(15)11-6-4-10(8-13)5-7-11/h4-7,9H,8H2,1-3H3. The minimum Gasteiger partial charge on any atom is -0.339 e. The van der Waals surface area contributed by atoms with Crippen molar-refractivity contribution in [2.75, 3.05) is 7.05 Å². The van der Waals surface area contributed by atoms with Crippen LogP contribution in [0, 0.1) is 0 Å². The SMILES string of the molecule is CC(C)N(C)C(=O)c1ccc(CCl)cc1. The molecule has 1 amide bonds. The van der Waals surface area contributed by atoms with Crippen LogP contribution >= 0.6 is 11.6 Å². The van der Waals surface area contributed by atoms with E-state index in [1.807, 2.05) is 45.2 Å². The molecule has 0 aromatic heterocycles. The highest BCUT2D eigenvalue weighted by atomic mass is 35.5. The third-order valence-corrected chi connectivity index (χ3v) is 2.76. The highest BCUT2D eigenvalue weighted by Gasteiger charge is 2.13. The zero-order valence-electron chi connectivity index (χ0n) is 9.33. The lowest BCUT2D eigenvalue weighted by Crippen LogP contribution is -2.32. The lowest BCUT2D eigenvalue weighted by Gasteiger charge is -2.21. The molecule has 0 aliphatic heterocycles. The maximum absolute atomic E-state index is 11.9. The fraction of sp³-hybridized carbons (Fsp3) is 0.417. The van der Waals surface area contributed by atoms with E-state index in [2.05, 4.69) is 0 Å². The Morgan fingerprint density at radius 3 is 2.27 bits per heavy atom. The Hall–Kier alpha value is -1.02. The maximum atomic E-state index is 11.9. The average Bonchev–Trinajstić information content (AvgIpc) is 2.27. The van der Waals surface area contributed by atoms with Gasteiger partial charge in [0, 0.05) is 24.5 Å². The number of rotatable bonds is 3. The number of alkyl halides is 1. The molecule has 0 heterocycles. The van der Waals surface area contributed by atoms with Gasteiger partial charge < -0.3 is 4.90 Å². The van der Waals surface area contributed by atoms with Crippen molar-refractivity contribution in [1.29, 1.82) is 0 Å². The van der Waals surface area contributed by atoms with E-state index >= 15 is 0 Å². The number of carbonyl (C=O) groups excluding carboxylic acids is 1. The molecule has 0 fully saturated rings. The summed E-state index contributed by atoms with van der Waals surface area (Å²) in [5.41, 5.74) is 1.74. The van der Waals surface area contributed by atoms with Crippen molar-refractivity contribution in [2.24, 2.45) is 0 Å². The van der Waals surface area contributed by atoms with E-state index in [1.54, 1.807) is 4.90 Å². The summed E-state index contributed by atoms with van der Waals surface area (Å²) in [6, 6.07) is 7.62. The molecule has 15 heavy (non-hydrogen) atoms. The minimum atomic E-state index is 0.0473. The molecule has 1 rings (SSSR count). The monoisotopic (exact) mass is 225 g/mol. The number of halogens is 1. The van der Waals surface area contributed by atoms with Gasteiger partial charge in [0.25, 0.3) is 5.91 Å². The summed E-state index contributed by atoms with van der Waals surface area (Å²) >= 11 is 5.68. The molecule has 0 spiro atoms. The molecule has 0 unspecified atom stereocenters. The van der Waals surface area contributed by atoms with Crippen molar-refractivity contribution in [1.82, 2.24) is 4.90 Å². The van der Waals surface area contributed by atoms with Crippen LogP contribution in [0.3, 0.4) is 0 Å². The molecule has 0 radical (unpaired) electrons. The van der Waals surface area contributed by atoms with E-state index in [1.165, 1.54) is 0 Å². The van der Waals surface area contributed by atoms with Gasteiger partial charge in [-0.15, -0.1) is 11.6 Å². The number of benzene rings is 1. The van der Waals surface area contributed by atoms with E-state index in [0.717, 1.165) is 5.56 Å². The first-order valence-electron chi connectivity index (χ1n) is 4.98. The summed E-state index contributed by atoms with van der Waals surface area (Å²) in [6.45, 7) is 3.98. The van der Waals surface area contributed by atoms with E-state index in [9.17, 15) is 4.79 Å². The van der Waals surface area contributed by atoms with Crippen LogP contribution in [-0.4, -0.2) is 23.9 Å². The molecular weight excluding hydrogens is 210 g/mol. The van der Waals surface area contributed by atoms with Crippen LogP contribution < -0.4 is 0 Å². The van der Waals surface area contributed by atoms with Gasteiger partial charge in [0.05, 0.1) is 0 Å². The van der Waals surface area contributed by atoms with Gasteiger partial charge in [-0.2, -0.15) is 0 Å².